The first kappa shape index (κ1) is 18.1. The average Bonchev–Trinajstić information content (AvgIpc) is 3.06. The minimum atomic E-state index is -1.47. The van der Waals surface area contributed by atoms with Gasteiger partial charge >= 0.3 is 0 Å². The number of halogens is 1. The maximum Gasteiger partial charge on any atom is 0.262 e. The van der Waals surface area contributed by atoms with Gasteiger partial charge in [0.25, 0.3) is 5.56 Å². The number of aromatic nitrogens is 2. The largest absolute Gasteiger partial charge is 0.367 e. The summed E-state index contributed by atoms with van der Waals surface area (Å²) in [5.41, 5.74) is 4.17. The number of fused-ring (bicyclic) bond motifs is 1. The highest BCUT2D eigenvalue weighted by Gasteiger charge is 2.35. The Kier molecular flexibility index (Phi) is 4.80. The highest BCUT2D eigenvalue weighted by Crippen LogP contribution is 2.23. The molecule has 2 aromatic heterocycles. The predicted molar refractivity (Wildman–Crippen MR) is 100 cm³/mol. The number of carbonyl (C=O) groups excluding carboxylic acids is 2. The number of rotatable bonds is 5. The molecule has 0 spiro atoms. The molecule has 0 aliphatic rings. The van der Waals surface area contributed by atoms with E-state index in [9.17, 15) is 14.4 Å². The average molecular weight is 391 g/mol. The number of nitrogens with two attached hydrogens (primary N) is 1. The van der Waals surface area contributed by atoms with Crippen molar-refractivity contribution in [2.24, 2.45) is 5.73 Å². The first-order valence-electron chi connectivity index (χ1n) is 7.61. The van der Waals surface area contributed by atoms with Crippen molar-refractivity contribution >= 4 is 45.0 Å². The van der Waals surface area contributed by atoms with Crippen LogP contribution in [-0.4, -0.2) is 21.4 Å². The zero-order chi connectivity index (χ0) is 18.9. The molecule has 0 aliphatic heterocycles. The van der Waals surface area contributed by atoms with E-state index in [-0.39, 0.29) is 12.1 Å². The van der Waals surface area contributed by atoms with Gasteiger partial charge in [0.05, 0.1) is 11.7 Å². The van der Waals surface area contributed by atoms with Gasteiger partial charge in [-0.15, -0.1) is 11.3 Å². The van der Waals surface area contributed by atoms with Crippen LogP contribution in [0.3, 0.4) is 0 Å². The Morgan fingerprint density at radius 2 is 2.15 bits per heavy atom. The maximum atomic E-state index is 12.5. The van der Waals surface area contributed by atoms with Crippen LogP contribution in [0.1, 0.15) is 12.5 Å². The molecule has 7 nitrogen and oxygen atoms in total. The molecule has 0 saturated heterocycles. The summed E-state index contributed by atoms with van der Waals surface area (Å²) in [7, 11) is 0. The van der Waals surface area contributed by atoms with Gasteiger partial charge < -0.3 is 11.1 Å². The topological polar surface area (TPSA) is 107 Å². The number of amides is 2. The predicted octanol–water partition coefficient (Wildman–Crippen LogP) is 1.63. The number of primary amides is 1. The molecule has 1 atom stereocenters. The van der Waals surface area contributed by atoms with Gasteiger partial charge in [-0.1, -0.05) is 23.7 Å². The second kappa shape index (κ2) is 6.89. The van der Waals surface area contributed by atoms with Crippen LogP contribution < -0.4 is 16.6 Å². The SMILES string of the molecule is CC(NC(=O)Cn1cnc2sccc2c1=O)(C(N)=O)c1cccc(Cl)c1. The fourth-order valence-electron chi connectivity index (χ4n) is 2.55. The number of thiophene rings is 1. The molecule has 2 heterocycles. The van der Waals surface area contributed by atoms with Crippen molar-refractivity contribution in [2.45, 2.75) is 19.0 Å². The Hall–Kier alpha value is -2.71. The molecule has 26 heavy (non-hydrogen) atoms. The van der Waals surface area contributed by atoms with E-state index in [1.54, 1.807) is 35.7 Å². The first-order chi connectivity index (χ1) is 12.3. The summed E-state index contributed by atoms with van der Waals surface area (Å²) in [6, 6.07) is 8.16. The van der Waals surface area contributed by atoms with E-state index < -0.39 is 17.4 Å². The van der Waals surface area contributed by atoms with Crippen molar-refractivity contribution in [2.75, 3.05) is 0 Å². The van der Waals surface area contributed by atoms with Crippen molar-refractivity contribution in [3.63, 3.8) is 0 Å². The zero-order valence-corrected chi connectivity index (χ0v) is 15.3. The third kappa shape index (κ3) is 3.33. The summed E-state index contributed by atoms with van der Waals surface area (Å²) in [6.45, 7) is 1.20. The Morgan fingerprint density at radius 1 is 1.38 bits per heavy atom. The normalized spacial score (nSPS) is 13.3. The van der Waals surface area contributed by atoms with Crippen LogP contribution in [0.25, 0.3) is 10.2 Å². The van der Waals surface area contributed by atoms with E-state index in [0.717, 1.165) is 0 Å². The van der Waals surface area contributed by atoms with E-state index >= 15 is 0 Å². The molecule has 0 aliphatic carbocycles. The van der Waals surface area contributed by atoms with E-state index in [4.69, 9.17) is 17.3 Å². The molecule has 3 rings (SSSR count). The number of benzene rings is 1. The standard InChI is InChI=1S/C17H15ClN4O3S/c1-17(16(19)25,10-3-2-4-11(18)7-10)21-13(23)8-22-9-20-14-12(15(22)24)5-6-26-14/h2-7,9H,8H2,1H3,(H2,19,25)(H,21,23). The zero-order valence-electron chi connectivity index (χ0n) is 13.7. The van der Waals surface area contributed by atoms with Gasteiger partial charge in [0.1, 0.15) is 16.9 Å². The van der Waals surface area contributed by atoms with Gasteiger partial charge in [-0.25, -0.2) is 4.98 Å². The Balaban J connectivity index is 1.87. The second-order valence-corrected chi connectivity index (χ2v) is 7.20. The van der Waals surface area contributed by atoms with E-state index in [1.165, 1.54) is 29.2 Å². The van der Waals surface area contributed by atoms with E-state index in [2.05, 4.69) is 10.3 Å². The smallest absolute Gasteiger partial charge is 0.262 e. The summed E-state index contributed by atoms with van der Waals surface area (Å²) in [4.78, 5) is 41.6. The third-order valence-electron chi connectivity index (χ3n) is 4.05. The second-order valence-electron chi connectivity index (χ2n) is 5.86. The monoisotopic (exact) mass is 390 g/mol. The minimum Gasteiger partial charge on any atom is -0.367 e. The maximum absolute atomic E-state index is 12.5. The van der Waals surface area contributed by atoms with Gasteiger partial charge in [0, 0.05) is 5.02 Å². The summed E-state index contributed by atoms with van der Waals surface area (Å²) in [5, 5.41) is 5.21. The number of nitrogens with one attached hydrogen (secondary N) is 1. The molecular weight excluding hydrogens is 376 g/mol. The lowest BCUT2D eigenvalue weighted by molar-refractivity contribution is -0.131. The fourth-order valence-corrected chi connectivity index (χ4v) is 3.47. The molecule has 134 valence electrons. The van der Waals surface area contributed by atoms with E-state index in [1.807, 2.05) is 0 Å². The molecule has 0 fully saturated rings. The van der Waals surface area contributed by atoms with Crippen LogP contribution in [0, 0.1) is 0 Å². The summed E-state index contributed by atoms with van der Waals surface area (Å²) >= 11 is 7.31. The van der Waals surface area contributed by atoms with Crippen molar-refractivity contribution in [3.05, 3.63) is 63.0 Å². The number of nitrogens with zero attached hydrogens (tertiary/aromatic N) is 2. The number of carbonyl (C=O) groups is 2. The van der Waals surface area contributed by atoms with Crippen molar-refractivity contribution in [1.29, 1.82) is 0 Å². The third-order valence-corrected chi connectivity index (χ3v) is 5.10. The van der Waals surface area contributed by atoms with Crippen molar-refractivity contribution < 1.29 is 9.59 Å². The van der Waals surface area contributed by atoms with Crippen LogP contribution in [0.5, 0.6) is 0 Å². The molecule has 1 aromatic carbocycles. The van der Waals surface area contributed by atoms with Crippen LogP contribution in [-0.2, 0) is 21.7 Å². The first-order valence-corrected chi connectivity index (χ1v) is 8.86. The quantitative estimate of drug-likeness (QED) is 0.690. The highest BCUT2D eigenvalue weighted by molar-refractivity contribution is 7.16. The molecular formula is C17H15ClN4O3S. The molecule has 9 heteroatoms. The summed E-state index contributed by atoms with van der Waals surface area (Å²) < 4.78 is 1.18. The molecule has 0 bridgehead atoms. The summed E-state index contributed by atoms with van der Waals surface area (Å²) in [5.74, 6) is -1.29. The lowest BCUT2D eigenvalue weighted by Crippen LogP contribution is -2.53. The van der Waals surface area contributed by atoms with Gasteiger partial charge in [0.2, 0.25) is 11.8 Å². The molecule has 1 unspecified atom stereocenters. The Labute approximate surface area is 157 Å². The highest BCUT2D eigenvalue weighted by atomic mass is 35.5. The number of hydrogen-bond acceptors (Lipinski definition) is 5. The van der Waals surface area contributed by atoms with Crippen molar-refractivity contribution in [1.82, 2.24) is 14.9 Å². The van der Waals surface area contributed by atoms with Gasteiger partial charge in [-0.3, -0.25) is 19.0 Å². The van der Waals surface area contributed by atoms with Crippen LogP contribution >= 0.6 is 22.9 Å². The molecule has 3 aromatic rings. The fraction of sp³-hybridized carbons (Fsp3) is 0.176. The number of hydrogen-bond donors (Lipinski definition) is 2. The van der Waals surface area contributed by atoms with Gasteiger partial charge in [0.15, 0.2) is 0 Å². The Morgan fingerprint density at radius 3 is 2.85 bits per heavy atom. The van der Waals surface area contributed by atoms with Crippen LogP contribution in [0.2, 0.25) is 5.02 Å². The van der Waals surface area contributed by atoms with Gasteiger partial charge in [-0.2, -0.15) is 0 Å². The van der Waals surface area contributed by atoms with E-state index in [0.29, 0.717) is 20.8 Å². The molecule has 2 amide bonds. The van der Waals surface area contributed by atoms with Crippen LogP contribution in [0.4, 0.5) is 0 Å². The molecule has 0 radical (unpaired) electrons. The molecule has 0 saturated carbocycles. The van der Waals surface area contributed by atoms with Gasteiger partial charge in [-0.05, 0) is 36.1 Å². The van der Waals surface area contributed by atoms with Crippen LogP contribution in [0.15, 0.2) is 46.8 Å². The lowest BCUT2D eigenvalue weighted by Gasteiger charge is -2.28. The lowest BCUT2D eigenvalue weighted by atomic mass is 9.91. The molecule has 3 N–H and O–H groups in total. The van der Waals surface area contributed by atoms with Crippen molar-refractivity contribution in [3.8, 4) is 0 Å². The summed E-state index contributed by atoms with van der Waals surface area (Å²) in [6.07, 6.45) is 1.31. The Bertz CT molecular complexity index is 1060. The minimum absolute atomic E-state index is 0.291.